The van der Waals surface area contributed by atoms with Crippen molar-refractivity contribution in [3.05, 3.63) is 89.0 Å². The molecular weight excluding hydrogens is 358 g/mol. The summed E-state index contributed by atoms with van der Waals surface area (Å²) in [5.41, 5.74) is 1.96. The zero-order valence-electron chi connectivity index (χ0n) is 15.8. The Kier molecular flexibility index (Phi) is 5.97. The number of imidazole rings is 1. The first kappa shape index (κ1) is 19.2. The molecule has 5 heteroatoms. The van der Waals surface area contributed by atoms with E-state index in [9.17, 15) is 4.79 Å². The molecule has 1 N–H and O–H groups in total. The number of hydrogen-bond donors (Lipinski definition) is 1. The van der Waals surface area contributed by atoms with Crippen LogP contribution < -0.4 is 5.32 Å². The van der Waals surface area contributed by atoms with Crippen molar-refractivity contribution in [1.29, 1.82) is 0 Å². The number of carbonyl (C=O) groups is 1. The molecule has 2 atom stereocenters. The maximum atomic E-state index is 13.3. The van der Waals surface area contributed by atoms with Gasteiger partial charge in [-0.15, -0.1) is 0 Å². The van der Waals surface area contributed by atoms with E-state index in [0.717, 1.165) is 17.0 Å². The molecule has 3 rings (SSSR count). The smallest absolute Gasteiger partial charge is 0.228 e. The molecule has 1 heterocycles. The number of hydrogen-bond acceptors (Lipinski definition) is 2. The molecule has 0 spiro atoms. The second-order valence-electron chi connectivity index (χ2n) is 7.02. The van der Waals surface area contributed by atoms with Gasteiger partial charge in [-0.25, -0.2) is 4.98 Å². The van der Waals surface area contributed by atoms with Gasteiger partial charge in [-0.2, -0.15) is 0 Å². The lowest BCUT2D eigenvalue weighted by Gasteiger charge is -2.25. The Morgan fingerprint density at radius 1 is 1.04 bits per heavy atom. The molecule has 0 radical (unpaired) electrons. The third-order valence-corrected chi connectivity index (χ3v) is 4.97. The maximum Gasteiger partial charge on any atom is 0.228 e. The average Bonchev–Trinajstić information content (AvgIpc) is 3.07. The van der Waals surface area contributed by atoms with Gasteiger partial charge in [0.05, 0.1) is 5.92 Å². The van der Waals surface area contributed by atoms with Gasteiger partial charge in [0.2, 0.25) is 5.91 Å². The molecule has 1 amide bonds. The fraction of sp³-hybridized carbons (Fsp3) is 0.273. The molecule has 0 fully saturated rings. The minimum Gasteiger partial charge on any atom is -0.342 e. The normalized spacial score (nSPS) is 13.4. The number of carbonyl (C=O) groups excluding carboxylic acids is 1. The van der Waals surface area contributed by atoms with Crippen molar-refractivity contribution in [2.75, 3.05) is 0 Å². The summed E-state index contributed by atoms with van der Waals surface area (Å²) in [6.45, 7) is 4.11. The quantitative estimate of drug-likeness (QED) is 0.671. The van der Waals surface area contributed by atoms with Crippen LogP contribution in [0.3, 0.4) is 0 Å². The molecule has 0 aliphatic rings. The third kappa shape index (κ3) is 4.40. The van der Waals surface area contributed by atoms with Crippen molar-refractivity contribution in [2.45, 2.75) is 25.8 Å². The summed E-state index contributed by atoms with van der Waals surface area (Å²) >= 11 is 6.01. The molecule has 0 unspecified atom stereocenters. The van der Waals surface area contributed by atoms with Crippen LogP contribution in [-0.2, 0) is 11.8 Å². The number of nitrogens with one attached hydrogen (secondary N) is 1. The van der Waals surface area contributed by atoms with E-state index in [4.69, 9.17) is 11.6 Å². The van der Waals surface area contributed by atoms with Gasteiger partial charge < -0.3 is 9.88 Å². The van der Waals surface area contributed by atoms with Crippen molar-refractivity contribution >= 4 is 17.5 Å². The molecule has 3 aromatic rings. The lowest BCUT2D eigenvalue weighted by Crippen LogP contribution is -2.36. The summed E-state index contributed by atoms with van der Waals surface area (Å²) in [5, 5.41) is 3.88. The molecule has 0 saturated carbocycles. The van der Waals surface area contributed by atoms with Gasteiger partial charge in [0.15, 0.2) is 0 Å². The van der Waals surface area contributed by atoms with Crippen LogP contribution in [0.25, 0.3) is 0 Å². The molecular formula is C22H24ClN3O. The molecule has 4 nitrogen and oxygen atoms in total. The number of halogens is 1. The summed E-state index contributed by atoms with van der Waals surface area (Å²) in [5.74, 6) is 0.648. The van der Waals surface area contributed by atoms with E-state index >= 15 is 0 Å². The Hall–Kier alpha value is -2.59. The van der Waals surface area contributed by atoms with E-state index in [0.29, 0.717) is 5.02 Å². The Balaban J connectivity index is 1.93. The molecule has 0 bridgehead atoms. The first-order valence-corrected chi connectivity index (χ1v) is 9.43. The van der Waals surface area contributed by atoms with Crippen LogP contribution in [0.15, 0.2) is 67.0 Å². The highest BCUT2D eigenvalue weighted by molar-refractivity contribution is 6.30. The molecule has 27 heavy (non-hydrogen) atoms. The first-order chi connectivity index (χ1) is 13.0. The fourth-order valence-corrected chi connectivity index (χ4v) is 3.46. The lowest BCUT2D eigenvalue weighted by atomic mass is 9.87. The predicted molar refractivity (Wildman–Crippen MR) is 109 cm³/mol. The molecule has 0 aliphatic carbocycles. The summed E-state index contributed by atoms with van der Waals surface area (Å²) in [6.07, 6.45) is 3.63. The van der Waals surface area contributed by atoms with E-state index < -0.39 is 0 Å². The van der Waals surface area contributed by atoms with E-state index in [1.807, 2.05) is 72.4 Å². The Labute approximate surface area is 165 Å². The number of nitrogens with zero attached hydrogens (tertiary/aromatic N) is 2. The van der Waals surface area contributed by atoms with Gasteiger partial charge in [-0.1, -0.05) is 67.9 Å². The van der Waals surface area contributed by atoms with E-state index in [1.165, 1.54) is 0 Å². The second-order valence-corrected chi connectivity index (χ2v) is 7.46. The van der Waals surface area contributed by atoms with Gasteiger partial charge >= 0.3 is 0 Å². The van der Waals surface area contributed by atoms with E-state index in [2.05, 4.69) is 24.1 Å². The summed E-state index contributed by atoms with van der Waals surface area (Å²) in [6, 6.07) is 17.1. The molecule has 2 aromatic carbocycles. The first-order valence-electron chi connectivity index (χ1n) is 9.05. The van der Waals surface area contributed by atoms with Crippen molar-refractivity contribution in [3.8, 4) is 0 Å². The number of benzene rings is 2. The summed E-state index contributed by atoms with van der Waals surface area (Å²) in [4.78, 5) is 17.7. The minimum absolute atomic E-state index is 0.0239. The van der Waals surface area contributed by atoms with Crippen LogP contribution in [0, 0.1) is 5.92 Å². The Morgan fingerprint density at radius 2 is 1.70 bits per heavy atom. The minimum atomic E-state index is -0.313. The molecule has 0 saturated heterocycles. The van der Waals surface area contributed by atoms with Gasteiger partial charge in [-0.05, 0) is 29.2 Å². The van der Waals surface area contributed by atoms with Gasteiger partial charge in [-0.3, -0.25) is 4.79 Å². The Bertz CT molecular complexity index is 887. The zero-order chi connectivity index (χ0) is 19.4. The largest absolute Gasteiger partial charge is 0.342 e. The van der Waals surface area contributed by atoms with Crippen LogP contribution in [0.1, 0.15) is 42.8 Å². The van der Waals surface area contributed by atoms with Crippen molar-refractivity contribution in [3.63, 3.8) is 0 Å². The molecule has 1 aromatic heterocycles. The van der Waals surface area contributed by atoms with Crippen LogP contribution in [0.4, 0.5) is 0 Å². The highest BCUT2D eigenvalue weighted by atomic mass is 35.5. The number of aryl methyl sites for hydroxylation is 1. The van der Waals surface area contributed by atoms with Gasteiger partial charge in [0.1, 0.15) is 11.9 Å². The van der Waals surface area contributed by atoms with Gasteiger partial charge in [0.25, 0.3) is 0 Å². The average molecular weight is 382 g/mol. The molecule has 140 valence electrons. The lowest BCUT2D eigenvalue weighted by molar-refractivity contribution is -0.124. The topological polar surface area (TPSA) is 46.9 Å². The van der Waals surface area contributed by atoms with Crippen molar-refractivity contribution in [1.82, 2.24) is 14.9 Å². The second kappa shape index (κ2) is 8.40. The summed E-state index contributed by atoms with van der Waals surface area (Å²) in [7, 11) is 1.93. The maximum absolute atomic E-state index is 13.3. The number of aromatic nitrogens is 2. The highest BCUT2D eigenvalue weighted by Crippen LogP contribution is 2.28. The van der Waals surface area contributed by atoms with Crippen molar-refractivity contribution < 1.29 is 4.79 Å². The van der Waals surface area contributed by atoms with Crippen LogP contribution in [-0.4, -0.2) is 15.5 Å². The summed E-state index contributed by atoms with van der Waals surface area (Å²) < 4.78 is 1.94. The fourth-order valence-electron chi connectivity index (χ4n) is 3.34. The third-order valence-electron chi connectivity index (χ3n) is 4.71. The Morgan fingerprint density at radius 3 is 2.26 bits per heavy atom. The SMILES string of the molecule is CC(C)[C@@H](C(=O)N[C@H](c1ccccc1)c1nccn1C)c1ccc(Cl)cc1. The van der Waals surface area contributed by atoms with Gasteiger partial charge in [0, 0.05) is 24.5 Å². The van der Waals surface area contributed by atoms with Crippen LogP contribution in [0.2, 0.25) is 5.02 Å². The number of amides is 1. The van der Waals surface area contributed by atoms with E-state index in [1.54, 1.807) is 6.20 Å². The highest BCUT2D eigenvalue weighted by Gasteiger charge is 2.28. The zero-order valence-corrected chi connectivity index (χ0v) is 16.5. The van der Waals surface area contributed by atoms with Crippen molar-refractivity contribution in [2.24, 2.45) is 13.0 Å². The van der Waals surface area contributed by atoms with E-state index in [-0.39, 0.29) is 23.8 Å². The molecule has 0 aliphatic heterocycles. The predicted octanol–water partition coefficient (Wildman–Crippen LogP) is 4.72. The van der Waals surface area contributed by atoms with Crippen LogP contribution >= 0.6 is 11.6 Å². The monoisotopic (exact) mass is 381 g/mol. The number of rotatable bonds is 6. The van der Waals surface area contributed by atoms with Crippen LogP contribution in [0.5, 0.6) is 0 Å². The standard InChI is InChI=1S/C22H24ClN3O/c1-15(2)19(16-9-11-18(23)12-10-16)22(27)25-20(17-7-5-4-6-8-17)21-24-13-14-26(21)3/h4-15,19-20H,1-3H3,(H,25,27)/t19-,20-/m1/s1.